The first-order valence-corrected chi connectivity index (χ1v) is 11.7. The van der Waals surface area contributed by atoms with Gasteiger partial charge in [-0.3, -0.25) is 0 Å². The van der Waals surface area contributed by atoms with Crippen LogP contribution < -0.4 is 0 Å². The summed E-state index contributed by atoms with van der Waals surface area (Å²) in [6, 6.07) is 0. The Morgan fingerprint density at radius 2 is 0.947 bits per heavy atom. The predicted molar refractivity (Wildman–Crippen MR) is 93.5 cm³/mol. The van der Waals surface area contributed by atoms with Gasteiger partial charge in [-0.05, 0) is 34.1 Å². The van der Waals surface area contributed by atoms with E-state index < -0.39 is 8.07 Å². The first kappa shape index (κ1) is 19.2. The Bertz CT molecular complexity index is 272. The molecule has 0 nitrogen and oxygen atoms in total. The third-order valence-electron chi connectivity index (χ3n) is 5.63. The molecule has 0 aliphatic rings. The number of rotatable bonds is 4. The van der Waals surface area contributed by atoms with Crippen molar-refractivity contribution in [1.29, 1.82) is 0 Å². The van der Waals surface area contributed by atoms with Crippen LogP contribution in [0.5, 0.6) is 0 Å². The zero-order valence-corrected chi connectivity index (χ0v) is 16.8. The van der Waals surface area contributed by atoms with Crippen molar-refractivity contribution in [3.8, 4) is 0 Å². The fourth-order valence-corrected chi connectivity index (χ4v) is 7.50. The van der Waals surface area contributed by atoms with Crippen LogP contribution in [0.4, 0.5) is 0 Å². The molecule has 1 heteroatoms. The van der Waals surface area contributed by atoms with Gasteiger partial charge in [0.05, 0.1) is 0 Å². The fourth-order valence-electron chi connectivity index (χ4n) is 3.63. The molecule has 4 unspecified atom stereocenters. The fraction of sp³-hybridized carbons (Fsp3) is 1.00. The van der Waals surface area contributed by atoms with Crippen LogP contribution in [0, 0.1) is 28.6 Å². The molecule has 4 atom stereocenters. The Labute approximate surface area is 124 Å². The highest BCUT2D eigenvalue weighted by atomic mass is 28.3. The minimum absolute atomic E-state index is 0.412. The zero-order chi connectivity index (χ0) is 15.8. The summed E-state index contributed by atoms with van der Waals surface area (Å²) in [6.07, 6.45) is 0. The summed E-state index contributed by atoms with van der Waals surface area (Å²) in [6.45, 7) is 29.6. The van der Waals surface area contributed by atoms with Crippen LogP contribution in [0.15, 0.2) is 0 Å². The van der Waals surface area contributed by atoms with E-state index in [1.807, 2.05) is 0 Å². The second-order valence-corrected chi connectivity index (χ2v) is 15.5. The van der Waals surface area contributed by atoms with Crippen molar-refractivity contribution in [2.45, 2.75) is 87.5 Å². The molecule has 19 heavy (non-hydrogen) atoms. The summed E-state index contributed by atoms with van der Waals surface area (Å²) in [5, 5.41) is 0. The molecule has 0 amide bonds. The molecule has 116 valence electrons. The molecule has 0 aromatic rings. The van der Waals surface area contributed by atoms with E-state index in [4.69, 9.17) is 0 Å². The van der Waals surface area contributed by atoms with Gasteiger partial charge in [0.1, 0.15) is 0 Å². The molecular weight excluding hydrogens is 244 g/mol. The molecule has 0 saturated carbocycles. The van der Waals surface area contributed by atoms with Crippen LogP contribution in [-0.2, 0) is 0 Å². The smallest absolute Gasteiger partial charge is 0.0479 e. The monoisotopic (exact) mass is 284 g/mol. The summed E-state index contributed by atoms with van der Waals surface area (Å²) in [5.74, 6) is 2.37. The molecule has 0 aliphatic heterocycles. The first-order chi connectivity index (χ1) is 8.10. The predicted octanol–water partition coefficient (Wildman–Crippen LogP) is 6.70. The van der Waals surface area contributed by atoms with Crippen molar-refractivity contribution in [1.82, 2.24) is 0 Å². The molecule has 0 aliphatic carbocycles. The van der Waals surface area contributed by atoms with Crippen molar-refractivity contribution < 1.29 is 0 Å². The second kappa shape index (κ2) is 5.91. The van der Waals surface area contributed by atoms with Crippen molar-refractivity contribution in [2.24, 2.45) is 28.6 Å². The largest absolute Gasteiger partial charge is 0.0693 e. The van der Waals surface area contributed by atoms with Gasteiger partial charge in [-0.2, -0.15) is 0 Å². The molecule has 0 spiro atoms. The Hall–Kier alpha value is 0.217. The maximum atomic E-state index is 2.56. The van der Waals surface area contributed by atoms with E-state index in [9.17, 15) is 0 Å². The van der Waals surface area contributed by atoms with Crippen LogP contribution in [0.3, 0.4) is 0 Å². The first-order valence-electron chi connectivity index (χ1n) is 8.10. The lowest BCUT2D eigenvalue weighted by atomic mass is 9.68. The van der Waals surface area contributed by atoms with Crippen LogP contribution in [0.25, 0.3) is 0 Å². The van der Waals surface area contributed by atoms with Crippen molar-refractivity contribution in [2.75, 3.05) is 0 Å². The average molecular weight is 285 g/mol. The minimum atomic E-state index is -1.16. The topological polar surface area (TPSA) is 0 Å². The van der Waals surface area contributed by atoms with Gasteiger partial charge in [0.15, 0.2) is 0 Å². The third kappa shape index (κ3) is 5.25. The molecule has 0 fully saturated rings. The molecule has 0 aromatic heterocycles. The Morgan fingerprint density at radius 3 is 1.16 bits per heavy atom. The molecule has 0 heterocycles. The molecule has 0 rings (SSSR count). The van der Waals surface area contributed by atoms with Gasteiger partial charge in [-0.15, -0.1) is 0 Å². The van der Waals surface area contributed by atoms with Gasteiger partial charge in [0.25, 0.3) is 0 Å². The van der Waals surface area contributed by atoms with E-state index in [0.717, 1.165) is 23.3 Å². The highest BCUT2D eigenvalue weighted by molar-refractivity contribution is 6.77. The molecule has 0 N–H and O–H groups in total. The normalized spacial score (nSPS) is 20.8. The van der Waals surface area contributed by atoms with Gasteiger partial charge >= 0.3 is 0 Å². The average Bonchev–Trinajstić information content (AvgIpc) is 2.11. The Kier molecular flexibility index (Phi) is 5.98. The van der Waals surface area contributed by atoms with Gasteiger partial charge in [-0.1, -0.05) is 82.0 Å². The number of hydrogen-bond donors (Lipinski definition) is 0. The summed E-state index contributed by atoms with van der Waals surface area (Å²) >= 11 is 0. The lowest BCUT2D eigenvalue weighted by Gasteiger charge is -2.48. The Morgan fingerprint density at radius 1 is 0.632 bits per heavy atom. The van der Waals surface area contributed by atoms with Crippen LogP contribution in [0.1, 0.15) is 62.3 Å². The van der Waals surface area contributed by atoms with E-state index in [1.165, 1.54) is 0 Å². The summed E-state index contributed by atoms with van der Waals surface area (Å²) in [7, 11) is -1.16. The third-order valence-corrected chi connectivity index (χ3v) is 8.65. The SMILES string of the molecule is CC(C(C)C(C)(C)C)C(C(C)C(C)(C)C)[Si](C)(C)C. The summed E-state index contributed by atoms with van der Waals surface area (Å²) in [4.78, 5) is 0. The van der Waals surface area contributed by atoms with E-state index >= 15 is 0 Å². The van der Waals surface area contributed by atoms with Gasteiger partial charge < -0.3 is 0 Å². The maximum Gasteiger partial charge on any atom is 0.0479 e. The van der Waals surface area contributed by atoms with Crippen LogP contribution in [0.2, 0.25) is 25.2 Å². The van der Waals surface area contributed by atoms with E-state index in [2.05, 4.69) is 82.0 Å². The van der Waals surface area contributed by atoms with Gasteiger partial charge in [0.2, 0.25) is 0 Å². The molecule has 0 radical (unpaired) electrons. The van der Waals surface area contributed by atoms with Gasteiger partial charge in [0, 0.05) is 8.07 Å². The van der Waals surface area contributed by atoms with E-state index in [-0.39, 0.29) is 0 Å². The van der Waals surface area contributed by atoms with Gasteiger partial charge in [-0.25, -0.2) is 0 Å². The number of hydrogen-bond acceptors (Lipinski definition) is 0. The molecule has 0 bridgehead atoms. The van der Waals surface area contributed by atoms with Crippen LogP contribution in [-0.4, -0.2) is 8.07 Å². The van der Waals surface area contributed by atoms with Crippen molar-refractivity contribution in [3.63, 3.8) is 0 Å². The van der Waals surface area contributed by atoms with E-state index in [1.54, 1.807) is 0 Å². The van der Waals surface area contributed by atoms with E-state index in [0.29, 0.717) is 10.8 Å². The molecular formula is C18H40Si. The zero-order valence-electron chi connectivity index (χ0n) is 15.8. The molecule has 0 saturated heterocycles. The lowest BCUT2D eigenvalue weighted by molar-refractivity contribution is 0.130. The minimum Gasteiger partial charge on any atom is -0.0693 e. The summed E-state index contributed by atoms with van der Waals surface area (Å²) in [5.41, 5.74) is 1.72. The van der Waals surface area contributed by atoms with Crippen molar-refractivity contribution >= 4 is 8.07 Å². The molecule has 0 aromatic carbocycles. The Balaban J connectivity index is 5.42. The maximum absolute atomic E-state index is 2.56. The quantitative estimate of drug-likeness (QED) is 0.504. The highest BCUT2D eigenvalue weighted by Crippen LogP contribution is 2.50. The summed E-state index contributed by atoms with van der Waals surface area (Å²) < 4.78 is 0. The van der Waals surface area contributed by atoms with Crippen LogP contribution >= 0.6 is 0 Å². The second-order valence-electron chi connectivity index (χ2n) is 10.1. The standard InChI is InChI=1S/C18H40Si/c1-13(14(2)17(4,5)6)16(19(10,11)12)15(3)18(7,8)9/h13-16H,1-12H3. The van der Waals surface area contributed by atoms with Crippen molar-refractivity contribution in [3.05, 3.63) is 0 Å². The highest BCUT2D eigenvalue weighted by Gasteiger charge is 2.43. The lowest BCUT2D eigenvalue weighted by Crippen LogP contribution is -2.44.